The summed E-state index contributed by atoms with van der Waals surface area (Å²) in [5, 5.41) is 8.80. The minimum Gasteiger partial charge on any atom is -0.478 e. The predicted molar refractivity (Wildman–Crippen MR) is 100 cm³/mol. The Morgan fingerprint density at radius 2 is 1.79 bits per heavy atom. The van der Waals surface area contributed by atoms with Gasteiger partial charge in [-0.1, -0.05) is 24.3 Å². The van der Waals surface area contributed by atoms with Crippen molar-refractivity contribution >= 4 is 11.5 Å². The molecule has 1 aliphatic rings. The van der Waals surface area contributed by atoms with Gasteiger partial charge in [-0.25, -0.2) is 4.79 Å². The van der Waals surface area contributed by atoms with E-state index in [1.807, 2.05) is 6.07 Å². The van der Waals surface area contributed by atoms with Gasteiger partial charge in [-0.2, -0.15) is 13.2 Å². The summed E-state index contributed by atoms with van der Waals surface area (Å²) >= 11 is 0. The molecule has 0 spiro atoms. The normalized spacial score (nSPS) is 16.4. The number of ether oxygens (including phenoxy) is 1. The Bertz CT molecular complexity index is 891. The Labute approximate surface area is 165 Å². The summed E-state index contributed by atoms with van der Waals surface area (Å²) in [6, 6.07) is 8.20. The molecule has 1 N–H and O–H groups in total. The number of carbonyl (C=O) groups is 1. The van der Waals surface area contributed by atoms with E-state index in [0.717, 1.165) is 31.3 Å². The minimum atomic E-state index is -4.43. The number of alkyl halides is 3. The molecule has 0 radical (unpaired) electrons. The van der Waals surface area contributed by atoms with Crippen LogP contribution in [0.5, 0.6) is 0 Å². The summed E-state index contributed by atoms with van der Waals surface area (Å²) in [6.45, 7) is 3.49. The molecule has 1 aromatic heterocycles. The van der Waals surface area contributed by atoms with Gasteiger partial charge in [-0.05, 0) is 29.8 Å². The monoisotopic (exact) mass is 407 g/mol. The highest BCUT2D eigenvalue weighted by Crippen LogP contribution is 2.32. The van der Waals surface area contributed by atoms with Crippen LogP contribution in [0.4, 0.5) is 13.2 Å². The number of allylic oxidation sites excluding steroid dienone is 2. The number of rotatable bonds is 6. The third kappa shape index (κ3) is 5.82. The molecule has 2 aromatic rings. The molecule has 29 heavy (non-hydrogen) atoms. The van der Waals surface area contributed by atoms with Gasteiger partial charge in [0.15, 0.2) is 0 Å². The lowest BCUT2D eigenvalue weighted by Crippen LogP contribution is -2.35. The molecule has 8 heteroatoms. The number of hydrogen-bond acceptors (Lipinski definition) is 4. The molecule has 0 amide bonds. The van der Waals surface area contributed by atoms with Crippen LogP contribution in [0.15, 0.2) is 59.0 Å². The molecule has 0 atom stereocenters. The fourth-order valence-corrected chi connectivity index (χ4v) is 2.97. The Kier molecular flexibility index (Phi) is 6.56. The van der Waals surface area contributed by atoms with Crippen molar-refractivity contribution in [2.45, 2.75) is 12.7 Å². The van der Waals surface area contributed by atoms with Crippen molar-refractivity contribution in [2.24, 2.45) is 0 Å². The zero-order valence-electron chi connectivity index (χ0n) is 15.5. The number of carboxylic acid groups (broad SMARTS) is 1. The Hall–Kier alpha value is -2.84. The van der Waals surface area contributed by atoms with Crippen LogP contribution in [0.1, 0.15) is 22.6 Å². The standard InChI is InChI=1S/C21H20F3NO4/c22-21(23,24)16-6-4-15(5-7-16)18(2-1-3-20(26)27)19-9-8-17(29-19)14-25-10-12-28-13-11-25/h1-9H,10-14H2,(H,26,27)/b3-1+,18-2-. The number of hydrogen-bond donors (Lipinski definition) is 1. The van der Waals surface area contributed by atoms with Gasteiger partial charge in [0.1, 0.15) is 11.5 Å². The number of furan rings is 1. The Morgan fingerprint density at radius 3 is 2.41 bits per heavy atom. The van der Waals surface area contributed by atoms with Crippen LogP contribution in [-0.2, 0) is 22.3 Å². The second-order valence-corrected chi connectivity index (χ2v) is 6.51. The molecule has 154 valence electrons. The van der Waals surface area contributed by atoms with E-state index in [1.54, 1.807) is 6.07 Å². The van der Waals surface area contributed by atoms with Crippen molar-refractivity contribution < 1.29 is 32.2 Å². The highest BCUT2D eigenvalue weighted by Gasteiger charge is 2.30. The molecule has 2 heterocycles. The molecule has 3 rings (SSSR count). The molecule has 0 unspecified atom stereocenters. The molecule has 1 aromatic carbocycles. The van der Waals surface area contributed by atoms with Gasteiger partial charge < -0.3 is 14.3 Å². The molecule has 5 nitrogen and oxygen atoms in total. The van der Waals surface area contributed by atoms with E-state index in [0.29, 0.717) is 42.4 Å². The second-order valence-electron chi connectivity index (χ2n) is 6.51. The number of nitrogens with zero attached hydrogens (tertiary/aromatic N) is 1. The van der Waals surface area contributed by atoms with Gasteiger partial charge >= 0.3 is 12.1 Å². The van der Waals surface area contributed by atoms with E-state index >= 15 is 0 Å². The number of benzene rings is 1. The summed E-state index contributed by atoms with van der Waals surface area (Å²) in [4.78, 5) is 12.9. The lowest BCUT2D eigenvalue weighted by molar-refractivity contribution is -0.137. The van der Waals surface area contributed by atoms with Crippen LogP contribution in [0.3, 0.4) is 0 Å². The molecule has 1 aliphatic heterocycles. The van der Waals surface area contributed by atoms with Crippen molar-refractivity contribution in [3.05, 3.63) is 77.3 Å². The lowest BCUT2D eigenvalue weighted by Gasteiger charge is -2.25. The predicted octanol–water partition coefficient (Wildman–Crippen LogP) is 4.20. The maximum atomic E-state index is 12.8. The molecule has 1 saturated heterocycles. The number of carboxylic acids is 1. The fraction of sp³-hybridized carbons (Fsp3) is 0.286. The quantitative estimate of drug-likeness (QED) is 0.574. The smallest absolute Gasteiger partial charge is 0.416 e. The summed E-state index contributed by atoms with van der Waals surface area (Å²) < 4.78 is 49.7. The van der Waals surface area contributed by atoms with Crippen LogP contribution < -0.4 is 0 Å². The maximum absolute atomic E-state index is 12.8. The van der Waals surface area contributed by atoms with Crippen molar-refractivity contribution in [3.8, 4) is 0 Å². The lowest BCUT2D eigenvalue weighted by atomic mass is 10.0. The number of halogens is 3. The summed E-state index contributed by atoms with van der Waals surface area (Å²) in [7, 11) is 0. The zero-order chi connectivity index (χ0) is 20.9. The van der Waals surface area contributed by atoms with Crippen LogP contribution in [0.2, 0.25) is 0 Å². The van der Waals surface area contributed by atoms with E-state index < -0.39 is 17.7 Å². The van der Waals surface area contributed by atoms with Crippen LogP contribution in [0.25, 0.3) is 5.57 Å². The van der Waals surface area contributed by atoms with E-state index in [1.165, 1.54) is 24.3 Å². The van der Waals surface area contributed by atoms with Crippen molar-refractivity contribution in [2.75, 3.05) is 26.3 Å². The topological polar surface area (TPSA) is 62.9 Å². The maximum Gasteiger partial charge on any atom is 0.416 e. The Balaban J connectivity index is 1.87. The number of aliphatic carboxylic acids is 1. The van der Waals surface area contributed by atoms with E-state index in [-0.39, 0.29) is 0 Å². The first kappa shape index (κ1) is 20.9. The zero-order valence-corrected chi connectivity index (χ0v) is 15.5. The fourth-order valence-electron chi connectivity index (χ4n) is 2.97. The molecule has 0 saturated carbocycles. The third-order valence-electron chi connectivity index (χ3n) is 4.44. The molecular weight excluding hydrogens is 387 g/mol. The highest BCUT2D eigenvalue weighted by molar-refractivity contribution is 5.83. The van der Waals surface area contributed by atoms with Crippen molar-refractivity contribution in [1.29, 1.82) is 0 Å². The van der Waals surface area contributed by atoms with Crippen molar-refractivity contribution in [3.63, 3.8) is 0 Å². The van der Waals surface area contributed by atoms with Crippen molar-refractivity contribution in [1.82, 2.24) is 4.90 Å². The van der Waals surface area contributed by atoms with E-state index in [4.69, 9.17) is 14.3 Å². The molecular formula is C21H20F3NO4. The minimum absolute atomic E-state index is 0.447. The molecule has 0 bridgehead atoms. The average Bonchev–Trinajstić information content (AvgIpc) is 3.13. The Morgan fingerprint density at radius 1 is 1.10 bits per heavy atom. The summed E-state index contributed by atoms with van der Waals surface area (Å²) in [5.74, 6) is 0.0328. The molecule has 1 fully saturated rings. The van der Waals surface area contributed by atoms with Gasteiger partial charge in [0.05, 0.1) is 25.3 Å². The first-order valence-corrected chi connectivity index (χ1v) is 9.01. The van der Waals surface area contributed by atoms with Gasteiger partial charge in [-0.15, -0.1) is 0 Å². The summed E-state index contributed by atoms with van der Waals surface area (Å²) in [5.41, 5.74) is 0.221. The van der Waals surface area contributed by atoms with E-state index in [2.05, 4.69) is 4.90 Å². The average molecular weight is 407 g/mol. The summed E-state index contributed by atoms with van der Waals surface area (Å²) in [6.07, 6.45) is -0.656. The molecule has 0 aliphatic carbocycles. The van der Waals surface area contributed by atoms with E-state index in [9.17, 15) is 18.0 Å². The van der Waals surface area contributed by atoms with Crippen LogP contribution >= 0.6 is 0 Å². The highest BCUT2D eigenvalue weighted by atomic mass is 19.4. The van der Waals surface area contributed by atoms with Crippen LogP contribution in [0, 0.1) is 0 Å². The first-order valence-electron chi connectivity index (χ1n) is 9.01. The largest absolute Gasteiger partial charge is 0.478 e. The third-order valence-corrected chi connectivity index (χ3v) is 4.44. The number of morpholine rings is 1. The van der Waals surface area contributed by atoms with Gasteiger partial charge in [-0.3, -0.25) is 4.90 Å². The first-order chi connectivity index (χ1) is 13.8. The van der Waals surface area contributed by atoms with Gasteiger partial charge in [0, 0.05) is 24.7 Å². The van der Waals surface area contributed by atoms with Gasteiger partial charge in [0.25, 0.3) is 0 Å². The van der Waals surface area contributed by atoms with Gasteiger partial charge in [0.2, 0.25) is 0 Å². The van der Waals surface area contributed by atoms with Crippen LogP contribution in [-0.4, -0.2) is 42.3 Å². The second kappa shape index (κ2) is 9.11. The SMILES string of the molecule is O=C(O)/C=C/C=C(/c1ccc(C(F)(F)F)cc1)c1ccc(CN2CCOCC2)o1.